The molecule has 90 heavy (non-hydrogen) atoms. The Labute approximate surface area is 544 Å². The van der Waals surface area contributed by atoms with E-state index < -0.39 is 89.0 Å². The third-order valence-electron chi connectivity index (χ3n) is 12.2. The fourth-order valence-electron chi connectivity index (χ4n) is 7.91. The number of carbonyl (C=O) groups is 9. The standard InChI is InChI=1S/C25H22O4Se.C15H20O4Se.C9H11NO2Se.C9H16O5.C9H14O4/c26-24(14-17(25(27)28)16-30-18-8-2-1-3-9-18)29-15-23-21-12-6-4-10-19(21)20-11-5-7-13-22(20)23;1-15(2,3)19-13(16)9-11(14(17)18)10-20-12-7-5-4-6-8-12;10-8(9(11)12)6-13-7-4-2-1-3-5-7;1-9(2,3)14-7(11)4-6(5-10)8(12)13;1-9(2,3)13-7(10)4-6-5-12-8(6)11/h1-13,17,23H,14-16H2,(H,27,28);4-8,11H,9-10H2,1-3H3,(H,17,18);1-5,8H,6,10H2,(H,11,12);6,10H,4-5H2,1-3H3,(H,12,13);6H,4-5H2,1-3H3/t17-;11-;8-;2*6-/m00000/s1. The summed E-state index contributed by atoms with van der Waals surface area (Å²) >= 11 is 0.222. The van der Waals surface area contributed by atoms with E-state index in [2.05, 4.69) is 29.0 Å². The number of hydrogen-bond donors (Lipinski definition) is 6. The third kappa shape index (κ3) is 31.0. The van der Waals surface area contributed by atoms with Gasteiger partial charge in [-0.3, -0.25) is 19.2 Å². The molecule has 7 N–H and O–H groups in total. The first-order chi connectivity index (χ1) is 42.2. The second-order valence-corrected chi connectivity index (χ2v) is 30.3. The number of fused-ring (bicyclic) bond motifs is 3. The van der Waals surface area contributed by atoms with Crippen molar-refractivity contribution in [2.75, 3.05) is 19.8 Å². The average Bonchev–Trinajstić information content (AvgIpc) is 1.74. The molecule has 7 rings (SSSR count). The number of hydrogen-bond acceptors (Lipinski definition) is 16. The molecule has 0 aromatic heterocycles. The average molecular weight is 1440 g/mol. The molecular weight excluding hydrogens is 1360 g/mol. The van der Waals surface area contributed by atoms with Gasteiger partial charge in [0, 0.05) is 0 Å². The van der Waals surface area contributed by atoms with Gasteiger partial charge in [0.05, 0.1) is 25.4 Å². The minimum atomic E-state index is -1.20. The number of esters is 5. The van der Waals surface area contributed by atoms with Gasteiger partial charge in [-0.2, -0.15) is 0 Å². The fourth-order valence-corrected chi connectivity index (χ4v) is 13.9. The molecule has 0 saturated carbocycles. The van der Waals surface area contributed by atoms with E-state index in [9.17, 15) is 53.4 Å². The number of aliphatic hydroxyl groups is 1. The molecule has 5 atom stereocenters. The number of cyclic esters (lactones) is 1. The summed E-state index contributed by atoms with van der Waals surface area (Å²) in [6, 6.07) is 45.0. The molecule has 5 aromatic rings. The number of aliphatic carboxylic acids is 4. The summed E-state index contributed by atoms with van der Waals surface area (Å²) < 4.78 is 28.7. The molecule has 23 heteroatoms. The Morgan fingerprint density at radius 2 is 0.833 bits per heavy atom. The van der Waals surface area contributed by atoms with Crippen LogP contribution < -0.4 is 19.1 Å². The molecule has 0 spiro atoms. The van der Waals surface area contributed by atoms with E-state index in [1.54, 1.807) is 62.3 Å². The van der Waals surface area contributed by atoms with Crippen LogP contribution in [-0.2, 0) is 66.8 Å². The number of benzene rings is 5. The Balaban J connectivity index is 0.000000309. The summed E-state index contributed by atoms with van der Waals surface area (Å²) in [5.41, 5.74) is 8.32. The molecule has 1 heterocycles. The van der Waals surface area contributed by atoms with Gasteiger partial charge in [0.2, 0.25) is 0 Å². The molecule has 20 nitrogen and oxygen atoms in total. The Morgan fingerprint density at radius 1 is 0.489 bits per heavy atom. The van der Waals surface area contributed by atoms with Crippen LogP contribution in [0.3, 0.4) is 0 Å². The number of nitrogens with two attached hydrogens (primary N) is 1. The first-order valence-electron chi connectivity index (χ1n) is 28.7. The zero-order chi connectivity index (χ0) is 67.2. The van der Waals surface area contributed by atoms with Crippen LogP contribution in [0.2, 0.25) is 16.0 Å². The van der Waals surface area contributed by atoms with Crippen LogP contribution in [0.1, 0.15) is 105 Å². The van der Waals surface area contributed by atoms with Crippen LogP contribution in [0.25, 0.3) is 11.1 Å². The summed E-state index contributed by atoms with van der Waals surface area (Å²) in [7, 11) is 0. The van der Waals surface area contributed by atoms with Crippen molar-refractivity contribution < 1.29 is 92.4 Å². The van der Waals surface area contributed by atoms with Gasteiger partial charge in [-0.05, 0) is 41.5 Å². The predicted octanol–water partition coefficient (Wildman–Crippen LogP) is 6.90. The molecule has 5 aromatic carbocycles. The molecule has 2 aliphatic rings. The van der Waals surface area contributed by atoms with E-state index in [4.69, 9.17) is 40.0 Å². The molecule has 0 radical (unpaired) electrons. The van der Waals surface area contributed by atoms with Crippen LogP contribution >= 0.6 is 0 Å². The molecule has 1 fully saturated rings. The monoisotopic (exact) mass is 1450 g/mol. The number of rotatable bonds is 24. The van der Waals surface area contributed by atoms with Gasteiger partial charge in [0.1, 0.15) is 23.7 Å². The van der Waals surface area contributed by atoms with E-state index in [0.29, 0.717) is 22.6 Å². The Hall–Kier alpha value is -7.19. The number of carboxylic acids is 4. The Kier molecular flexibility index (Phi) is 33.0. The van der Waals surface area contributed by atoms with Gasteiger partial charge in [-0.25, -0.2) is 0 Å². The molecule has 1 saturated heterocycles. The number of ether oxygens (including phenoxy) is 5. The topological polar surface area (TPSA) is 327 Å². The van der Waals surface area contributed by atoms with E-state index in [0.717, 1.165) is 20.1 Å². The van der Waals surface area contributed by atoms with E-state index >= 15 is 0 Å². The van der Waals surface area contributed by atoms with Crippen LogP contribution in [-0.4, -0.2) is 167 Å². The van der Waals surface area contributed by atoms with Crippen molar-refractivity contribution in [3.63, 3.8) is 0 Å². The molecule has 0 amide bonds. The van der Waals surface area contributed by atoms with Gasteiger partial charge in [0.25, 0.3) is 0 Å². The second kappa shape index (κ2) is 38.5. The third-order valence-corrected chi connectivity index (χ3v) is 19.5. The number of aliphatic hydroxyl groups excluding tert-OH is 1. The summed E-state index contributed by atoms with van der Waals surface area (Å²) in [6.07, 6.45) is -0.333. The van der Waals surface area contributed by atoms with E-state index in [1.165, 1.54) is 15.6 Å². The van der Waals surface area contributed by atoms with Gasteiger partial charge in [-0.15, -0.1) is 0 Å². The van der Waals surface area contributed by atoms with Crippen molar-refractivity contribution >= 4 is 112 Å². The number of carboxylic acid groups (broad SMARTS) is 4. The van der Waals surface area contributed by atoms with E-state index in [-0.39, 0.29) is 101 Å². The van der Waals surface area contributed by atoms with Crippen LogP contribution in [0.15, 0.2) is 140 Å². The van der Waals surface area contributed by atoms with Crippen molar-refractivity contribution in [2.24, 2.45) is 29.4 Å². The fraction of sp³-hybridized carbons (Fsp3) is 0.418. The zero-order valence-electron chi connectivity index (χ0n) is 52.1. The molecular formula is C67H83NO19Se3. The summed E-state index contributed by atoms with van der Waals surface area (Å²) in [5.74, 6) is -8.92. The van der Waals surface area contributed by atoms with Crippen molar-refractivity contribution in [3.8, 4) is 11.1 Å². The van der Waals surface area contributed by atoms with Gasteiger partial charge in [0.15, 0.2) is 0 Å². The predicted molar refractivity (Wildman–Crippen MR) is 341 cm³/mol. The SMILES string of the molecule is CC(C)(C)OC(=O)C[C@@H](CO)C(=O)O.CC(C)(C)OC(=O)C[C@@H](C[Se]c1ccccc1)C(=O)O.CC(C)(C)OC(=O)C[C@H]1COC1=O.N[C@@H](C[Se]c1ccccc1)C(=O)O.O=C(C[C@@H](C[Se]c1ccccc1)C(=O)O)OCC1c2ccccc2-c2ccccc21. The van der Waals surface area contributed by atoms with Crippen molar-refractivity contribution in [2.45, 2.75) is 133 Å². The minimum absolute atomic E-state index is 0.00787. The van der Waals surface area contributed by atoms with Gasteiger partial charge >= 0.3 is 414 Å². The Bertz CT molecular complexity index is 3060. The molecule has 1 aliphatic carbocycles. The van der Waals surface area contributed by atoms with Gasteiger partial charge in [-0.1, -0.05) is 0 Å². The molecule has 488 valence electrons. The first kappa shape index (κ1) is 77.1. The Morgan fingerprint density at radius 3 is 1.17 bits per heavy atom. The second-order valence-electron chi connectivity index (χ2n) is 23.4. The van der Waals surface area contributed by atoms with E-state index in [1.807, 2.05) is 115 Å². The van der Waals surface area contributed by atoms with Crippen LogP contribution in [0.5, 0.6) is 0 Å². The number of carbonyl (C=O) groups excluding carboxylic acids is 5. The maximum atomic E-state index is 12.5. The van der Waals surface area contributed by atoms with Crippen molar-refractivity contribution in [3.05, 3.63) is 151 Å². The summed E-state index contributed by atoms with van der Waals surface area (Å²) in [5, 5.41) is 46.0. The molecule has 1 aliphatic heterocycles. The van der Waals surface area contributed by atoms with Gasteiger partial charge < -0.3 is 24.4 Å². The quantitative estimate of drug-likeness (QED) is 0.0208. The van der Waals surface area contributed by atoms with Crippen LogP contribution in [0, 0.1) is 23.7 Å². The van der Waals surface area contributed by atoms with Crippen LogP contribution in [0.4, 0.5) is 0 Å². The maximum absolute atomic E-state index is 12.5. The van der Waals surface area contributed by atoms with Crippen molar-refractivity contribution in [1.29, 1.82) is 0 Å². The van der Waals surface area contributed by atoms with Crippen molar-refractivity contribution in [1.82, 2.24) is 0 Å². The molecule has 0 unspecified atom stereocenters. The molecule has 0 bridgehead atoms. The normalized spacial score (nSPS) is 14.3. The zero-order valence-corrected chi connectivity index (χ0v) is 57.2. The summed E-state index contributed by atoms with van der Waals surface area (Å²) in [6.45, 7) is 15.8. The summed E-state index contributed by atoms with van der Waals surface area (Å²) in [4.78, 5) is 101. The first-order valence-corrected chi connectivity index (χ1v) is 34.9.